The molecular weight excluding hydrogens is 361 g/mol. The summed E-state index contributed by atoms with van der Waals surface area (Å²) < 4.78 is 16.8. The van der Waals surface area contributed by atoms with Crippen molar-refractivity contribution >= 4 is 22.6 Å². The zero-order valence-corrected chi connectivity index (χ0v) is 16.2. The number of aromatic carboxylic acids is 1. The van der Waals surface area contributed by atoms with Crippen LogP contribution in [0.15, 0.2) is 16.9 Å². The molecule has 150 valence electrons. The highest BCUT2D eigenvalue weighted by Crippen LogP contribution is 2.41. The molecule has 6 nitrogen and oxygen atoms in total. The highest BCUT2D eigenvalue weighted by atomic mass is 19.1. The Morgan fingerprint density at radius 1 is 1.36 bits per heavy atom. The van der Waals surface area contributed by atoms with E-state index in [0.717, 1.165) is 31.4 Å². The van der Waals surface area contributed by atoms with Crippen molar-refractivity contribution in [2.45, 2.75) is 51.6 Å². The van der Waals surface area contributed by atoms with Gasteiger partial charge in [0.25, 0.3) is 5.56 Å². The first-order chi connectivity index (χ1) is 13.3. The van der Waals surface area contributed by atoms with Crippen molar-refractivity contribution in [1.82, 2.24) is 4.57 Å². The van der Waals surface area contributed by atoms with Crippen molar-refractivity contribution in [3.63, 3.8) is 0 Å². The number of nitrogens with two attached hydrogens (primary N) is 1. The summed E-state index contributed by atoms with van der Waals surface area (Å²) in [6.45, 7) is 5.34. The number of aromatic nitrogens is 1. The minimum atomic E-state index is -1.27. The van der Waals surface area contributed by atoms with Crippen molar-refractivity contribution in [2.24, 2.45) is 11.7 Å². The van der Waals surface area contributed by atoms with Gasteiger partial charge in [-0.25, -0.2) is 9.18 Å². The number of rotatable bonds is 5. The second-order valence-electron chi connectivity index (χ2n) is 8.10. The van der Waals surface area contributed by atoms with Crippen molar-refractivity contribution in [3.8, 4) is 0 Å². The SMILES string of the molecule is CCc1c(N2CC[C@@H]([C@H](C)N)C2)c(F)cc2cc(C(=O)O)c(=O)n(C3CC3)c12. The Bertz CT molecular complexity index is 1010. The number of carbonyl (C=O) groups is 1. The molecule has 1 aromatic carbocycles. The molecule has 4 rings (SSSR count). The largest absolute Gasteiger partial charge is 0.477 e. The number of carboxylic acid groups (broad SMARTS) is 1. The third-order valence-corrected chi connectivity index (χ3v) is 6.12. The van der Waals surface area contributed by atoms with E-state index in [1.165, 1.54) is 12.1 Å². The molecule has 2 heterocycles. The van der Waals surface area contributed by atoms with Crippen molar-refractivity contribution in [1.29, 1.82) is 0 Å². The number of hydrogen-bond acceptors (Lipinski definition) is 4. The molecule has 28 heavy (non-hydrogen) atoms. The molecule has 2 fully saturated rings. The zero-order valence-electron chi connectivity index (χ0n) is 16.2. The number of fused-ring (bicyclic) bond motifs is 1. The Hall–Kier alpha value is -2.41. The molecule has 1 saturated heterocycles. The molecule has 3 N–H and O–H groups in total. The van der Waals surface area contributed by atoms with Gasteiger partial charge in [0, 0.05) is 36.1 Å². The van der Waals surface area contributed by atoms with Crippen LogP contribution in [0.3, 0.4) is 0 Å². The lowest BCUT2D eigenvalue weighted by Gasteiger charge is -2.26. The number of pyridine rings is 1. The Morgan fingerprint density at radius 2 is 2.07 bits per heavy atom. The lowest BCUT2D eigenvalue weighted by Crippen LogP contribution is -2.31. The van der Waals surface area contributed by atoms with Gasteiger partial charge < -0.3 is 20.3 Å². The lowest BCUT2D eigenvalue weighted by atomic mass is 10.0. The van der Waals surface area contributed by atoms with E-state index in [0.29, 0.717) is 35.5 Å². The van der Waals surface area contributed by atoms with Gasteiger partial charge in [-0.2, -0.15) is 0 Å². The van der Waals surface area contributed by atoms with Crippen LogP contribution in [0.1, 0.15) is 55.1 Å². The number of hydrogen-bond donors (Lipinski definition) is 2. The van der Waals surface area contributed by atoms with Gasteiger partial charge in [-0.3, -0.25) is 4.79 Å². The zero-order chi connectivity index (χ0) is 20.2. The van der Waals surface area contributed by atoms with Crippen LogP contribution in [0.5, 0.6) is 0 Å². The molecule has 1 aliphatic carbocycles. The molecule has 0 unspecified atom stereocenters. The quantitative estimate of drug-likeness (QED) is 0.824. The Kier molecular flexibility index (Phi) is 4.65. The van der Waals surface area contributed by atoms with Gasteiger partial charge in [0.2, 0.25) is 0 Å². The first-order valence-corrected chi connectivity index (χ1v) is 9.97. The summed E-state index contributed by atoms with van der Waals surface area (Å²) in [6.07, 6.45) is 3.14. The van der Waals surface area contributed by atoms with Gasteiger partial charge >= 0.3 is 5.97 Å². The van der Waals surface area contributed by atoms with Gasteiger partial charge in [-0.15, -0.1) is 0 Å². The maximum absolute atomic E-state index is 15.2. The summed E-state index contributed by atoms with van der Waals surface area (Å²) in [5.41, 5.74) is 7.25. The number of aryl methyl sites for hydroxylation is 1. The molecule has 2 aromatic rings. The van der Waals surface area contributed by atoms with Crippen LogP contribution in [-0.4, -0.2) is 34.8 Å². The summed E-state index contributed by atoms with van der Waals surface area (Å²) in [5.74, 6) is -1.34. The van der Waals surface area contributed by atoms with Crippen molar-refractivity contribution in [2.75, 3.05) is 18.0 Å². The summed E-state index contributed by atoms with van der Waals surface area (Å²) >= 11 is 0. The van der Waals surface area contributed by atoms with Gasteiger partial charge in [0.15, 0.2) is 0 Å². The minimum absolute atomic E-state index is 0.00620. The van der Waals surface area contributed by atoms with Crippen LogP contribution in [0.2, 0.25) is 0 Å². The predicted octanol–water partition coefficient (Wildman–Crippen LogP) is 2.91. The predicted molar refractivity (Wildman–Crippen MR) is 107 cm³/mol. The van der Waals surface area contributed by atoms with Crippen molar-refractivity contribution in [3.05, 3.63) is 39.4 Å². The monoisotopic (exact) mass is 387 g/mol. The number of halogens is 1. The first kappa shape index (κ1) is 18.9. The van der Waals surface area contributed by atoms with Crippen LogP contribution in [0.25, 0.3) is 10.9 Å². The second kappa shape index (κ2) is 6.88. The molecule has 2 atom stereocenters. The number of carboxylic acids is 1. The molecule has 0 spiro atoms. The van der Waals surface area contributed by atoms with Crippen LogP contribution < -0.4 is 16.2 Å². The normalized spacial score (nSPS) is 20.7. The molecule has 0 amide bonds. The Labute approximate surface area is 162 Å². The molecule has 7 heteroatoms. The van der Waals surface area contributed by atoms with Gasteiger partial charge in [0.1, 0.15) is 11.4 Å². The average molecular weight is 387 g/mol. The van der Waals surface area contributed by atoms with Crippen molar-refractivity contribution < 1.29 is 14.3 Å². The highest BCUT2D eigenvalue weighted by molar-refractivity contribution is 5.95. The van der Waals surface area contributed by atoms with Gasteiger partial charge in [-0.05, 0) is 50.7 Å². The molecule has 1 aliphatic heterocycles. The van der Waals surface area contributed by atoms with E-state index < -0.39 is 11.5 Å². The van der Waals surface area contributed by atoms with Gasteiger partial charge in [0.05, 0.1) is 11.2 Å². The number of benzene rings is 1. The Balaban J connectivity index is 1.97. The fraction of sp³-hybridized carbons (Fsp3) is 0.524. The second-order valence-corrected chi connectivity index (χ2v) is 8.10. The van der Waals surface area contributed by atoms with Crippen LogP contribution in [-0.2, 0) is 6.42 Å². The Morgan fingerprint density at radius 3 is 2.61 bits per heavy atom. The fourth-order valence-corrected chi connectivity index (χ4v) is 4.48. The first-order valence-electron chi connectivity index (χ1n) is 9.97. The van der Waals surface area contributed by atoms with Crippen LogP contribution >= 0.6 is 0 Å². The average Bonchev–Trinajstić information content (AvgIpc) is 3.35. The molecule has 0 radical (unpaired) electrons. The molecule has 1 saturated carbocycles. The molecule has 1 aromatic heterocycles. The molecule has 0 bridgehead atoms. The highest BCUT2D eigenvalue weighted by Gasteiger charge is 2.33. The summed E-state index contributed by atoms with van der Waals surface area (Å²) in [7, 11) is 0. The van der Waals surface area contributed by atoms with Crippen LogP contribution in [0, 0.1) is 11.7 Å². The van der Waals surface area contributed by atoms with E-state index in [1.807, 2.05) is 18.7 Å². The lowest BCUT2D eigenvalue weighted by molar-refractivity contribution is 0.0694. The van der Waals surface area contributed by atoms with E-state index in [2.05, 4.69) is 0 Å². The van der Waals surface area contributed by atoms with Gasteiger partial charge in [-0.1, -0.05) is 6.92 Å². The topological polar surface area (TPSA) is 88.6 Å². The van der Waals surface area contributed by atoms with E-state index in [-0.39, 0.29) is 23.5 Å². The van der Waals surface area contributed by atoms with E-state index in [9.17, 15) is 14.7 Å². The third kappa shape index (κ3) is 2.98. The smallest absolute Gasteiger partial charge is 0.341 e. The standard InChI is InChI=1S/C21H26FN3O3/c1-3-15-18-13(8-16(21(27)28)20(26)25(18)14-4-5-14)9-17(22)19(15)24-7-6-12(10-24)11(2)23/h8-9,11-12,14H,3-7,10,23H2,1-2H3,(H,27,28)/t11-,12+/m0/s1. The van der Waals surface area contributed by atoms with Crippen LogP contribution in [0.4, 0.5) is 10.1 Å². The summed E-state index contributed by atoms with van der Waals surface area (Å²) in [5, 5.41) is 9.91. The number of nitrogens with zero attached hydrogens (tertiary/aromatic N) is 2. The summed E-state index contributed by atoms with van der Waals surface area (Å²) in [4.78, 5) is 26.5. The van der Waals surface area contributed by atoms with E-state index >= 15 is 4.39 Å². The number of anilines is 1. The third-order valence-electron chi connectivity index (χ3n) is 6.12. The maximum atomic E-state index is 15.2. The molecular formula is C21H26FN3O3. The fourth-order valence-electron chi connectivity index (χ4n) is 4.48. The van der Waals surface area contributed by atoms with E-state index in [1.54, 1.807) is 4.57 Å². The minimum Gasteiger partial charge on any atom is -0.477 e. The van der Waals surface area contributed by atoms with E-state index in [4.69, 9.17) is 5.73 Å². The molecule has 2 aliphatic rings. The maximum Gasteiger partial charge on any atom is 0.341 e. The summed E-state index contributed by atoms with van der Waals surface area (Å²) in [6, 6.07) is 2.74.